The number of hydrogen-bond donors (Lipinski definition) is 32. The van der Waals surface area contributed by atoms with Gasteiger partial charge in [-0.05, 0) is 0 Å². The predicted molar refractivity (Wildman–Crippen MR) is 399 cm³/mol. The number of nitrogens with one attached hydrogen (secondary N) is 6. The molecule has 10 rings (SSSR count). The summed E-state index contributed by atoms with van der Waals surface area (Å²) < 4.78 is 117. The van der Waals surface area contributed by atoms with Crippen LogP contribution in [0.25, 0.3) is 0 Å². The van der Waals surface area contributed by atoms with Crippen molar-refractivity contribution < 1.29 is 252 Å². The molecule has 50 atom stereocenters. The number of carbonyl (C=O) groups excluding carboxylic acids is 6. The van der Waals surface area contributed by atoms with Gasteiger partial charge in [-0.1, -0.05) is 0 Å². The fourth-order valence-corrected chi connectivity index (χ4v) is 16.7. The van der Waals surface area contributed by atoms with E-state index in [4.69, 9.17) is 90.0 Å². The molecule has 10 heterocycles. The van der Waals surface area contributed by atoms with E-state index in [0.29, 0.717) is 0 Å². The van der Waals surface area contributed by atoms with Crippen LogP contribution in [0.1, 0.15) is 41.5 Å². The van der Waals surface area contributed by atoms with Crippen LogP contribution in [0.3, 0.4) is 0 Å². The standard InChI is InChI=1S/C72H120N6O51/c1-17(88)73-33-47(102)55(28(12-84)112-63(33)110)122-67-37(77-21(5)92)49(104)57(30(14-86)118-67)125-70-54(109)60(59(126-64-34(74-18(2)89)44(99)39(94)23(7-79)113-64)32(121-70)16-111-71-61(51(106)43(98)27(11-83)117-71)128-65-35(75-19(3)90)45(100)40(95)24(8-80)114-65)127-72-62(129-66-36(76-20(4)91)46(101)41(96)25(9-81)115-66)53(108)58(31(15-87)120-72)123-68-38(78-22(6)93)48(103)56(29(13-85)119-68)124-69-52(107)50(105)42(97)26(10-82)116-69/h23-72,79-87,94-110H,7-16H2,1-6H3,(H,73,88)(H,74,89)(H,75,90)(H,76,91)(H,77,92)(H,78,93)/t23-,24-,25-,26-,27-,28-,29-,30-,31-,32-,33-,34-,35-,36-,37-,38-,39-,40-,41-,42+,43-,44-,45-,46-,47-,48-,49-,50+,51+,52-,53+,54+,55-,56-,57-,58-,59-,60-,61+,62+,63-,64+,65+,66+,67+,68+,69+,70+,71+,72-/m1/s1. The van der Waals surface area contributed by atoms with Gasteiger partial charge in [-0.25, -0.2) is 0 Å². The van der Waals surface area contributed by atoms with Gasteiger partial charge >= 0.3 is 0 Å². The Bertz CT molecular complexity index is 3570. The Morgan fingerprint density at radius 2 is 0.434 bits per heavy atom. The average molecular weight is 1890 g/mol. The van der Waals surface area contributed by atoms with Gasteiger partial charge in [0.15, 0.2) is 62.9 Å². The molecule has 10 aliphatic rings. The summed E-state index contributed by atoms with van der Waals surface area (Å²) in [6.45, 7) is -6.41. The highest BCUT2D eigenvalue weighted by atomic mass is 16.8. The molecule has 10 aliphatic heterocycles. The number of rotatable bonds is 34. The molecule has 32 N–H and O–H groups in total. The minimum atomic E-state index is -2.83. The van der Waals surface area contributed by atoms with Crippen molar-refractivity contribution in [1.29, 1.82) is 0 Å². The molecule has 0 aliphatic carbocycles. The van der Waals surface area contributed by atoms with Crippen LogP contribution in [0.5, 0.6) is 0 Å². The molecule has 0 aromatic carbocycles. The van der Waals surface area contributed by atoms with Gasteiger partial charge < -0.3 is 255 Å². The van der Waals surface area contributed by atoms with E-state index in [-0.39, 0.29) is 0 Å². The lowest BCUT2D eigenvalue weighted by Crippen LogP contribution is -2.72. The first-order valence-electron chi connectivity index (χ1n) is 41.1. The van der Waals surface area contributed by atoms with E-state index in [1.165, 1.54) is 0 Å². The van der Waals surface area contributed by atoms with Crippen LogP contribution in [-0.4, -0.2) is 541 Å². The van der Waals surface area contributed by atoms with Crippen molar-refractivity contribution in [3.63, 3.8) is 0 Å². The van der Waals surface area contributed by atoms with Gasteiger partial charge in [-0.3, -0.25) is 28.8 Å². The van der Waals surface area contributed by atoms with Crippen molar-refractivity contribution >= 4 is 35.4 Å². The van der Waals surface area contributed by atoms with Crippen LogP contribution in [0.4, 0.5) is 0 Å². The van der Waals surface area contributed by atoms with Crippen LogP contribution in [-0.2, 0) is 119 Å². The predicted octanol–water partition coefficient (Wildman–Crippen LogP) is -21.9. The minimum Gasteiger partial charge on any atom is -0.394 e. The van der Waals surface area contributed by atoms with Gasteiger partial charge in [0.25, 0.3) is 0 Å². The Balaban J connectivity index is 1.13. The number of aliphatic hydroxyl groups is 26. The quantitative estimate of drug-likeness (QED) is 0.0284. The second-order valence-electron chi connectivity index (χ2n) is 32.4. The van der Waals surface area contributed by atoms with Gasteiger partial charge in [0.2, 0.25) is 35.4 Å². The van der Waals surface area contributed by atoms with Crippen molar-refractivity contribution in [2.24, 2.45) is 0 Å². The number of ether oxygens (including phenoxy) is 19. The first-order valence-corrected chi connectivity index (χ1v) is 41.1. The summed E-state index contributed by atoms with van der Waals surface area (Å²) >= 11 is 0. The molecular weight excluding hydrogens is 1760 g/mol. The number of hydrogen-bond acceptors (Lipinski definition) is 51. The lowest BCUT2D eigenvalue weighted by atomic mass is 9.93. The second kappa shape index (κ2) is 46.7. The molecule has 10 saturated heterocycles. The van der Waals surface area contributed by atoms with Gasteiger partial charge in [0.05, 0.1) is 66.1 Å². The molecule has 0 saturated carbocycles. The summed E-state index contributed by atoms with van der Waals surface area (Å²) in [4.78, 5) is 77.9. The maximum Gasteiger partial charge on any atom is 0.217 e. The number of amides is 6. The van der Waals surface area contributed by atoms with E-state index in [2.05, 4.69) is 31.9 Å². The summed E-state index contributed by atoms with van der Waals surface area (Å²) in [5.41, 5.74) is 0. The van der Waals surface area contributed by atoms with E-state index >= 15 is 0 Å². The topological polar surface area (TPSA) is 876 Å². The van der Waals surface area contributed by atoms with Crippen molar-refractivity contribution in [3.05, 3.63) is 0 Å². The molecule has 10 fully saturated rings. The largest absolute Gasteiger partial charge is 0.394 e. The molecule has 0 aromatic rings. The molecule has 57 heteroatoms. The Morgan fingerprint density at radius 3 is 0.791 bits per heavy atom. The fraction of sp³-hybridized carbons (Fsp3) is 0.917. The fourth-order valence-electron chi connectivity index (χ4n) is 16.7. The molecule has 6 amide bonds. The Kier molecular flexibility index (Phi) is 38.4. The van der Waals surface area contributed by atoms with E-state index in [1.807, 2.05) is 0 Å². The monoisotopic (exact) mass is 1880 g/mol. The molecule has 0 spiro atoms. The highest BCUT2D eigenvalue weighted by Gasteiger charge is 2.63. The highest BCUT2D eigenvalue weighted by Crippen LogP contribution is 2.42. The van der Waals surface area contributed by atoms with Crippen molar-refractivity contribution in [3.8, 4) is 0 Å². The van der Waals surface area contributed by atoms with E-state index in [1.54, 1.807) is 0 Å². The third kappa shape index (κ3) is 24.0. The number of carbonyl (C=O) groups is 6. The summed E-state index contributed by atoms with van der Waals surface area (Å²) in [5, 5.41) is 309. The Morgan fingerprint density at radius 1 is 0.202 bits per heavy atom. The average Bonchev–Trinajstić information content (AvgIpc) is 0.787. The summed E-state index contributed by atoms with van der Waals surface area (Å²) in [5.74, 6) is -5.78. The molecule has 744 valence electrons. The third-order valence-corrected chi connectivity index (χ3v) is 23.3. The minimum absolute atomic E-state index is 0.830. The van der Waals surface area contributed by atoms with Crippen LogP contribution in [0.2, 0.25) is 0 Å². The first kappa shape index (κ1) is 106. The second-order valence-corrected chi connectivity index (χ2v) is 32.4. The Hall–Kier alpha value is -4.98. The normalized spacial score (nSPS) is 47.5. The third-order valence-electron chi connectivity index (χ3n) is 23.3. The molecular formula is C72H120N6O51. The highest BCUT2D eigenvalue weighted by molar-refractivity contribution is 5.75. The zero-order valence-corrected chi connectivity index (χ0v) is 69.8. The SMILES string of the molecule is CC(=O)N[C@@H]1[C@@H](O)[C@H](O[C@@H]2O[C@H](CO)[C@@H](O[C@@H]3O[C@H](CO[C@H]4O[C@H](CO)[C@@H](O)[C@H](O)[C@@H]4O[C@@H]4O[C@H](CO)[C@@H](O)[C@H](O)[C@H]4NC(C)=O)[C@@H](O[C@@H]4O[C@H](CO)[C@@H](O)[C@H](O)[C@H]4NC(C)=O)[C@H](O[C@H]4O[C@H](CO)[C@@H](O[C@@H]5O[C@H](CO)[C@@H](O[C@@H]6O[C@H](CO)[C@H](O)[C@H](O)[C@H]6O)[C@H](O)[C@H]5NC(C)=O)[C@H](O)[C@@H]4O[C@@H]4O[C@H](CO)[C@@H](O)[C@H](O)[C@H]4NC(C)=O)[C@@H]3O)[C@H](O)[C@H]2NC(C)=O)[C@@H](CO)O[C@H]1O. The van der Waals surface area contributed by atoms with Crippen LogP contribution in [0, 0.1) is 0 Å². The molecule has 0 unspecified atom stereocenters. The summed E-state index contributed by atoms with van der Waals surface area (Å²) in [6, 6.07) is -11.7. The van der Waals surface area contributed by atoms with E-state index in [0.717, 1.165) is 41.5 Å². The van der Waals surface area contributed by atoms with Gasteiger partial charge in [0.1, 0.15) is 244 Å². The smallest absolute Gasteiger partial charge is 0.217 e. The maximum absolute atomic E-state index is 13.6. The first-order chi connectivity index (χ1) is 61.0. The van der Waals surface area contributed by atoms with Crippen LogP contribution in [0.15, 0.2) is 0 Å². The van der Waals surface area contributed by atoms with Crippen molar-refractivity contribution in [2.75, 3.05) is 66.1 Å². The van der Waals surface area contributed by atoms with Crippen LogP contribution < -0.4 is 31.9 Å². The van der Waals surface area contributed by atoms with E-state index < -0.39 is 408 Å². The summed E-state index contributed by atoms with van der Waals surface area (Å²) in [6.07, 6.45) is -97.0. The zero-order valence-electron chi connectivity index (χ0n) is 69.8. The lowest BCUT2D eigenvalue weighted by molar-refractivity contribution is -0.413. The Labute approximate surface area is 731 Å². The molecule has 129 heavy (non-hydrogen) atoms. The maximum atomic E-state index is 13.6. The van der Waals surface area contributed by atoms with Crippen molar-refractivity contribution in [1.82, 2.24) is 31.9 Å². The zero-order chi connectivity index (χ0) is 95.1. The van der Waals surface area contributed by atoms with Crippen molar-refractivity contribution in [2.45, 2.75) is 348 Å². The van der Waals surface area contributed by atoms with Crippen LogP contribution >= 0.6 is 0 Å². The molecule has 0 radical (unpaired) electrons. The van der Waals surface area contributed by atoms with Gasteiger partial charge in [-0.15, -0.1) is 0 Å². The van der Waals surface area contributed by atoms with Gasteiger partial charge in [-0.2, -0.15) is 0 Å². The lowest BCUT2D eigenvalue weighted by Gasteiger charge is -2.53. The molecule has 0 bridgehead atoms. The van der Waals surface area contributed by atoms with Gasteiger partial charge in [0, 0.05) is 41.5 Å². The molecule has 57 nitrogen and oxygen atoms in total. The summed E-state index contributed by atoms with van der Waals surface area (Å²) in [7, 11) is 0. The van der Waals surface area contributed by atoms with E-state index in [9.17, 15) is 162 Å². The number of aliphatic hydroxyl groups excluding tert-OH is 26. The molecule has 0 aromatic heterocycles.